The third-order valence-corrected chi connectivity index (χ3v) is 3.86. The van der Waals surface area contributed by atoms with Crippen LogP contribution in [0.1, 0.15) is 28.3 Å². The van der Waals surface area contributed by atoms with Gasteiger partial charge in [0.1, 0.15) is 0 Å². The average Bonchev–Trinajstić information content (AvgIpc) is 2.53. The quantitative estimate of drug-likeness (QED) is 0.667. The summed E-state index contributed by atoms with van der Waals surface area (Å²) in [5.74, 6) is 0. The first-order valence-electron chi connectivity index (χ1n) is 7.34. The van der Waals surface area contributed by atoms with Crippen molar-refractivity contribution in [3.63, 3.8) is 0 Å². The lowest BCUT2D eigenvalue weighted by atomic mass is 10.1. The van der Waals surface area contributed by atoms with Crippen LogP contribution < -0.4 is 5.73 Å². The molecule has 9 heteroatoms. The van der Waals surface area contributed by atoms with Crippen molar-refractivity contribution in [2.24, 2.45) is 5.73 Å². The van der Waals surface area contributed by atoms with Gasteiger partial charge in [-0.05, 0) is 35.4 Å². The Morgan fingerprint density at radius 3 is 1.96 bits per heavy atom. The Balaban J connectivity index is 2.12. The van der Waals surface area contributed by atoms with Gasteiger partial charge in [0.2, 0.25) is 0 Å². The maximum Gasteiger partial charge on any atom is 0.416 e. The summed E-state index contributed by atoms with van der Waals surface area (Å²) in [5, 5.41) is 0.391. The van der Waals surface area contributed by atoms with Crippen LogP contribution in [0.2, 0.25) is 5.02 Å². The number of hydrogen-bond donors (Lipinski definition) is 1. The Morgan fingerprint density at radius 2 is 1.46 bits per heavy atom. The summed E-state index contributed by atoms with van der Waals surface area (Å²) >= 11 is 5.97. The molecule has 142 valence electrons. The molecule has 0 fully saturated rings. The van der Waals surface area contributed by atoms with E-state index in [4.69, 9.17) is 22.1 Å². The highest BCUT2D eigenvalue weighted by Crippen LogP contribution is 2.36. The molecule has 1 atom stereocenters. The van der Waals surface area contributed by atoms with Crippen molar-refractivity contribution in [2.45, 2.75) is 25.0 Å². The largest absolute Gasteiger partial charge is 0.416 e. The van der Waals surface area contributed by atoms with E-state index in [1.807, 2.05) is 0 Å². The predicted octanol–water partition coefficient (Wildman–Crippen LogP) is 5.59. The molecule has 2 aromatic carbocycles. The Morgan fingerprint density at radius 1 is 0.923 bits per heavy atom. The van der Waals surface area contributed by atoms with E-state index in [2.05, 4.69) is 0 Å². The molecule has 0 aliphatic heterocycles. The standard InChI is InChI=1S/C17H14ClF6NO/c18-14-4-2-1-3-13(14)15(25)9-26-8-10-5-11(16(19,20)21)7-12(6-10)17(22,23)24/h1-7,15H,8-9,25H2. The molecule has 2 nitrogen and oxygen atoms in total. The number of halogens is 7. The first-order chi connectivity index (χ1) is 12.0. The van der Waals surface area contributed by atoms with Crippen LogP contribution in [0.3, 0.4) is 0 Å². The van der Waals surface area contributed by atoms with E-state index < -0.39 is 36.1 Å². The van der Waals surface area contributed by atoms with Gasteiger partial charge in [0.25, 0.3) is 0 Å². The minimum atomic E-state index is -4.90. The van der Waals surface area contributed by atoms with E-state index in [9.17, 15) is 26.3 Å². The van der Waals surface area contributed by atoms with Crippen LogP contribution in [0, 0.1) is 0 Å². The van der Waals surface area contributed by atoms with Crippen LogP contribution in [-0.2, 0) is 23.7 Å². The van der Waals surface area contributed by atoms with E-state index in [0.29, 0.717) is 22.7 Å². The molecule has 0 saturated heterocycles. The lowest BCUT2D eigenvalue weighted by Crippen LogP contribution is -2.18. The van der Waals surface area contributed by atoms with Gasteiger partial charge in [0, 0.05) is 5.02 Å². The normalized spacial score (nSPS) is 13.7. The van der Waals surface area contributed by atoms with E-state index in [0.717, 1.165) is 0 Å². The second-order valence-electron chi connectivity index (χ2n) is 5.56. The minimum absolute atomic E-state index is 0.0684. The molecule has 0 radical (unpaired) electrons. The predicted molar refractivity (Wildman–Crippen MR) is 84.5 cm³/mol. The van der Waals surface area contributed by atoms with E-state index >= 15 is 0 Å². The Kier molecular flexibility index (Phi) is 6.21. The van der Waals surface area contributed by atoms with Crippen molar-refractivity contribution >= 4 is 11.6 Å². The van der Waals surface area contributed by atoms with Crippen LogP contribution in [0.4, 0.5) is 26.3 Å². The second-order valence-corrected chi connectivity index (χ2v) is 5.96. The van der Waals surface area contributed by atoms with Gasteiger partial charge in [-0.3, -0.25) is 0 Å². The Hall–Kier alpha value is -1.77. The molecule has 0 saturated carbocycles. The molecule has 0 aliphatic carbocycles. The maximum absolute atomic E-state index is 12.8. The SMILES string of the molecule is NC(COCc1cc(C(F)(F)F)cc(C(F)(F)F)c1)c1ccccc1Cl. The fraction of sp³-hybridized carbons (Fsp3) is 0.294. The van der Waals surface area contributed by atoms with Crippen molar-refractivity contribution in [1.82, 2.24) is 0 Å². The van der Waals surface area contributed by atoms with Gasteiger partial charge in [-0.25, -0.2) is 0 Å². The molecule has 2 N–H and O–H groups in total. The van der Waals surface area contributed by atoms with Crippen LogP contribution in [0.25, 0.3) is 0 Å². The van der Waals surface area contributed by atoms with Crippen molar-refractivity contribution in [1.29, 1.82) is 0 Å². The number of alkyl halides is 6. The first kappa shape index (κ1) is 20.5. The molecule has 0 heterocycles. The number of hydrogen-bond acceptors (Lipinski definition) is 2. The zero-order chi connectivity index (χ0) is 19.5. The molecule has 0 aromatic heterocycles. The van der Waals surface area contributed by atoms with E-state index in [-0.39, 0.29) is 18.2 Å². The van der Waals surface area contributed by atoms with Gasteiger partial charge >= 0.3 is 12.4 Å². The third kappa shape index (κ3) is 5.36. The minimum Gasteiger partial charge on any atom is -0.375 e. The summed E-state index contributed by atoms with van der Waals surface area (Å²) in [6.07, 6.45) is -9.80. The van der Waals surface area contributed by atoms with Crippen LogP contribution >= 0.6 is 11.6 Å². The van der Waals surface area contributed by atoms with Crippen molar-refractivity contribution in [3.8, 4) is 0 Å². The number of rotatable bonds is 5. The van der Waals surface area contributed by atoms with E-state index in [1.165, 1.54) is 0 Å². The molecule has 0 spiro atoms. The first-order valence-corrected chi connectivity index (χ1v) is 7.72. The molecule has 0 bridgehead atoms. The lowest BCUT2D eigenvalue weighted by molar-refractivity contribution is -0.143. The summed E-state index contributed by atoms with van der Waals surface area (Å²) in [6, 6.07) is 7.30. The van der Waals surface area contributed by atoms with Gasteiger partial charge in [-0.15, -0.1) is 0 Å². The molecule has 0 aliphatic rings. The van der Waals surface area contributed by atoms with Gasteiger partial charge in [0.15, 0.2) is 0 Å². The third-order valence-electron chi connectivity index (χ3n) is 3.52. The highest BCUT2D eigenvalue weighted by atomic mass is 35.5. The fourth-order valence-corrected chi connectivity index (χ4v) is 2.55. The number of benzene rings is 2. The monoisotopic (exact) mass is 397 g/mol. The van der Waals surface area contributed by atoms with E-state index in [1.54, 1.807) is 24.3 Å². The zero-order valence-corrected chi connectivity index (χ0v) is 13.9. The molecular formula is C17H14ClF6NO. The zero-order valence-electron chi connectivity index (χ0n) is 13.2. The summed E-state index contributed by atoms with van der Waals surface area (Å²) < 4.78 is 82.1. The highest BCUT2D eigenvalue weighted by Gasteiger charge is 2.36. The van der Waals surface area contributed by atoms with Crippen LogP contribution in [0.15, 0.2) is 42.5 Å². The second kappa shape index (κ2) is 7.85. The number of ether oxygens (including phenoxy) is 1. The van der Waals surface area contributed by atoms with Gasteiger partial charge in [0.05, 0.1) is 30.4 Å². The smallest absolute Gasteiger partial charge is 0.375 e. The molecule has 2 aromatic rings. The molecule has 2 rings (SSSR count). The molecule has 26 heavy (non-hydrogen) atoms. The summed E-state index contributed by atoms with van der Waals surface area (Å²) in [6.45, 7) is -0.577. The fourth-order valence-electron chi connectivity index (χ4n) is 2.27. The topological polar surface area (TPSA) is 35.2 Å². The molecular weight excluding hydrogens is 384 g/mol. The average molecular weight is 398 g/mol. The van der Waals surface area contributed by atoms with Crippen LogP contribution in [0.5, 0.6) is 0 Å². The molecule has 0 amide bonds. The van der Waals surface area contributed by atoms with Crippen molar-refractivity contribution in [2.75, 3.05) is 6.61 Å². The van der Waals surface area contributed by atoms with Crippen molar-refractivity contribution < 1.29 is 31.1 Å². The van der Waals surface area contributed by atoms with Gasteiger partial charge in [-0.1, -0.05) is 29.8 Å². The van der Waals surface area contributed by atoms with Crippen LogP contribution in [-0.4, -0.2) is 6.61 Å². The summed E-state index contributed by atoms with van der Waals surface area (Å²) in [4.78, 5) is 0. The Labute approximate surface area is 150 Å². The Bertz CT molecular complexity index is 727. The summed E-state index contributed by atoms with van der Waals surface area (Å²) in [5.41, 5.74) is 3.43. The maximum atomic E-state index is 12.8. The number of nitrogens with two attached hydrogens (primary N) is 1. The molecule has 1 unspecified atom stereocenters. The highest BCUT2D eigenvalue weighted by molar-refractivity contribution is 6.31. The van der Waals surface area contributed by atoms with Crippen molar-refractivity contribution in [3.05, 3.63) is 69.7 Å². The van der Waals surface area contributed by atoms with Gasteiger partial charge in [-0.2, -0.15) is 26.3 Å². The summed E-state index contributed by atoms with van der Waals surface area (Å²) in [7, 11) is 0. The lowest BCUT2D eigenvalue weighted by Gasteiger charge is -2.16. The van der Waals surface area contributed by atoms with Gasteiger partial charge < -0.3 is 10.5 Å².